The normalized spacial score (nSPS) is 21.2. The molecule has 1 aliphatic carbocycles. The third-order valence-electron chi connectivity index (χ3n) is 7.29. The molecule has 0 spiro atoms. The van der Waals surface area contributed by atoms with Gasteiger partial charge in [0.1, 0.15) is 12.1 Å². The molecule has 1 aliphatic heterocycles. The molecule has 2 heterocycles. The molecule has 1 saturated heterocycles. The van der Waals surface area contributed by atoms with Crippen molar-refractivity contribution in [2.75, 3.05) is 31.1 Å². The molecule has 0 unspecified atom stereocenters. The lowest BCUT2D eigenvalue weighted by Gasteiger charge is -2.32. The van der Waals surface area contributed by atoms with E-state index in [4.69, 9.17) is 15.5 Å². The van der Waals surface area contributed by atoms with Crippen molar-refractivity contribution in [1.29, 1.82) is 0 Å². The lowest BCUT2D eigenvalue weighted by Crippen LogP contribution is -2.35. The van der Waals surface area contributed by atoms with Crippen molar-refractivity contribution in [3.05, 3.63) is 35.9 Å². The fourth-order valence-electron chi connectivity index (χ4n) is 5.18. The summed E-state index contributed by atoms with van der Waals surface area (Å²) in [4.78, 5) is 42.0. The molecule has 8 heteroatoms. The quantitative estimate of drug-likeness (QED) is 0.574. The number of para-hydroxylation sites is 1. The van der Waals surface area contributed by atoms with Gasteiger partial charge in [-0.25, -0.2) is 9.78 Å². The molecule has 182 valence electrons. The van der Waals surface area contributed by atoms with Gasteiger partial charge < -0.3 is 25.5 Å². The molecule has 3 N–H and O–H groups in total. The van der Waals surface area contributed by atoms with Crippen molar-refractivity contribution in [3.63, 3.8) is 0 Å². The van der Waals surface area contributed by atoms with Crippen LogP contribution in [0.3, 0.4) is 0 Å². The van der Waals surface area contributed by atoms with Gasteiger partial charge in [0.15, 0.2) is 0 Å². The number of carbonyl (C=O) groups excluding carboxylic acids is 3. The predicted molar refractivity (Wildman–Crippen MR) is 131 cm³/mol. The zero-order valence-corrected chi connectivity index (χ0v) is 19.6. The van der Waals surface area contributed by atoms with E-state index in [-0.39, 0.29) is 5.91 Å². The average Bonchev–Trinajstić information content (AvgIpc) is 2.86. The number of rotatable bonds is 8. The molecule has 2 fully saturated rings. The minimum absolute atomic E-state index is 0.0742. The van der Waals surface area contributed by atoms with Crippen molar-refractivity contribution in [2.24, 2.45) is 23.5 Å². The van der Waals surface area contributed by atoms with Crippen LogP contribution in [0.2, 0.25) is 0 Å². The number of hydrogen-bond acceptors (Lipinski definition) is 6. The lowest BCUT2D eigenvalue weighted by atomic mass is 9.82. The van der Waals surface area contributed by atoms with Gasteiger partial charge in [-0.3, -0.25) is 4.79 Å². The SMILES string of the molecule is NC(=O)OCC1CCC(CNC(=O)c2cc(N3CCC(CC=O)CC3)nc3ccccc23)CC1. The van der Waals surface area contributed by atoms with Gasteiger partial charge in [0.25, 0.3) is 5.91 Å². The minimum Gasteiger partial charge on any atom is -0.449 e. The van der Waals surface area contributed by atoms with Crippen LogP contribution in [-0.2, 0) is 9.53 Å². The molecule has 0 radical (unpaired) electrons. The highest BCUT2D eigenvalue weighted by Gasteiger charge is 2.24. The van der Waals surface area contributed by atoms with E-state index in [0.29, 0.717) is 42.9 Å². The second-order valence-electron chi connectivity index (χ2n) is 9.60. The predicted octanol–water partition coefficient (Wildman–Crippen LogP) is 3.67. The van der Waals surface area contributed by atoms with E-state index in [2.05, 4.69) is 10.2 Å². The second-order valence-corrected chi connectivity index (χ2v) is 9.60. The Morgan fingerprint density at radius 3 is 2.47 bits per heavy atom. The number of fused-ring (bicyclic) bond motifs is 1. The maximum atomic E-state index is 13.2. The fourth-order valence-corrected chi connectivity index (χ4v) is 5.18. The van der Waals surface area contributed by atoms with E-state index in [1.165, 1.54) is 0 Å². The van der Waals surface area contributed by atoms with Gasteiger partial charge in [-0.15, -0.1) is 0 Å². The van der Waals surface area contributed by atoms with Crippen molar-refractivity contribution in [3.8, 4) is 0 Å². The molecule has 0 bridgehead atoms. The Bertz CT molecular complexity index is 1010. The smallest absolute Gasteiger partial charge is 0.404 e. The molecule has 2 aliphatic rings. The summed E-state index contributed by atoms with van der Waals surface area (Å²) in [6.07, 6.45) is 6.75. The number of primary amides is 1. The Morgan fingerprint density at radius 2 is 1.76 bits per heavy atom. The van der Waals surface area contributed by atoms with Crippen LogP contribution >= 0.6 is 0 Å². The third-order valence-corrected chi connectivity index (χ3v) is 7.29. The number of aromatic nitrogens is 1. The number of piperidine rings is 1. The Morgan fingerprint density at radius 1 is 1.06 bits per heavy atom. The summed E-state index contributed by atoms with van der Waals surface area (Å²) in [7, 11) is 0. The highest BCUT2D eigenvalue weighted by atomic mass is 16.5. The number of anilines is 1. The number of ether oxygens (including phenoxy) is 1. The maximum absolute atomic E-state index is 13.2. The highest BCUT2D eigenvalue weighted by Crippen LogP contribution is 2.30. The molecule has 34 heavy (non-hydrogen) atoms. The van der Waals surface area contributed by atoms with Crippen LogP contribution in [0.4, 0.5) is 10.6 Å². The largest absolute Gasteiger partial charge is 0.449 e. The Kier molecular flexibility index (Phi) is 7.98. The summed E-state index contributed by atoms with van der Waals surface area (Å²) in [5, 5.41) is 4.00. The summed E-state index contributed by atoms with van der Waals surface area (Å²) < 4.78 is 4.94. The first-order chi connectivity index (χ1) is 16.5. The number of aldehydes is 1. The van der Waals surface area contributed by atoms with Crippen molar-refractivity contribution in [1.82, 2.24) is 10.3 Å². The standard InChI is InChI=1S/C26H34N4O4/c27-26(33)34-17-20-7-5-19(6-8-20)16-28-25(32)22-15-24(29-23-4-2-1-3-21(22)23)30-12-9-18(10-13-30)11-14-31/h1-4,14-15,18-20H,5-13,16-17H2,(H2,27,33)(H,28,32). The minimum atomic E-state index is -0.719. The van der Waals surface area contributed by atoms with Crippen LogP contribution in [0.5, 0.6) is 0 Å². The first kappa shape index (κ1) is 24.0. The topological polar surface area (TPSA) is 115 Å². The third kappa shape index (κ3) is 6.04. The van der Waals surface area contributed by atoms with E-state index in [9.17, 15) is 14.4 Å². The monoisotopic (exact) mass is 466 g/mol. The molecule has 4 rings (SSSR count). The van der Waals surface area contributed by atoms with Crippen molar-refractivity contribution in [2.45, 2.75) is 44.9 Å². The molecule has 0 atom stereocenters. The van der Waals surface area contributed by atoms with Gasteiger partial charge in [0, 0.05) is 31.4 Å². The van der Waals surface area contributed by atoms with Crippen LogP contribution in [-0.4, -0.2) is 49.5 Å². The average molecular weight is 467 g/mol. The Hall–Kier alpha value is -3.16. The number of nitrogens with one attached hydrogen (secondary N) is 1. The Labute approximate surface area is 200 Å². The van der Waals surface area contributed by atoms with Gasteiger partial charge in [0.05, 0.1) is 17.7 Å². The zero-order valence-electron chi connectivity index (χ0n) is 19.6. The van der Waals surface area contributed by atoms with Gasteiger partial charge in [-0.05, 0) is 68.4 Å². The number of benzene rings is 1. The number of nitrogens with two attached hydrogens (primary N) is 1. The van der Waals surface area contributed by atoms with Crippen LogP contribution < -0.4 is 16.0 Å². The van der Waals surface area contributed by atoms with Crippen molar-refractivity contribution < 1.29 is 19.1 Å². The Balaban J connectivity index is 1.39. The van der Waals surface area contributed by atoms with Gasteiger partial charge in [0.2, 0.25) is 0 Å². The molecular weight excluding hydrogens is 432 g/mol. The summed E-state index contributed by atoms with van der Waals surface area (Å²) in [5.41, 5.74) is 6.53. The van der Waals surface area contributed by atoms with Crippen LogP contribution in [0.1, 0.15) is 55.3 Å². The van der Waals surface area contributed by atoms with Crippen LogP contribution in [0.25, 0.3) is 10.9 Å². The summed E-state index contributed by atoms with van der Waals surface area (Å²) in [5.74, 6) is 1.95. The number of pyridine rings is 1. The lowest BCUT2D eigenvalue weighted by molar-refractivity contribution is -0.108. The summed E-state index contributed by atoms with van der Waals surface area (Å²) in [6, 6.07) is 9.68. The van der Waals surface area contributed by atoms with E-state index in [0.717, 1.165) is 74.6 Å². The molecule has 2 amide bonds. The first-order valence-electron chi connectivity index (χ1n) is 12.3. The van der Waals surface area contributed by atoms with Gasteiger partial charge in [-0.2, -0.15) is 0 Å². The number of hydrogen-bond donors (Lipinski definition) is 2. The van der Waals surface area contributed by atoms with Crippen molar-refractivity contribution >= 4 is 35.0 Å². The molecule has 8 nitrogen and oxygen atoms in total. The van der Waals surface area contributed by atoms with E-state index >= 15 is 0 Å². The van der Waals surface area contributed by atoms with Crippen LogP contribution in [0.15, 0.2) is 30.3 Å². The van der Waals surface area contributed by atoms with E-state index in [1.807, 2.05) is 30.3 Å². The second kappa shape index (κ2) is 11.3. The highest BCUT2D eigenvalue weighted by molar-refractivity contribution is 6.07. The van der Waals surface area contributed by atoms with E-state index < -0.39 is 6.09 Å². The number of amides is 2. The summed E-state index contributed by atoms with van der Waals surface area (Å²) >= 11 is 0. The molecule has 2 aromatic rings. The molecule has 1 aromatic carbocycles. The zero-order chi connectivity index (χ0) is 23.9. The van der Waals surface area contributed by atoms with Crippen LogP contribution in [0, 0.1) is 17.8 Å². The number of nitrogens with zero attached hydrogens (tertiary/aromatic N) is 2. The molecular formula is C26H34N4O4. The molecule has 1 aromatic heterocycles. The van der Waals surface area contributed by atoms with Gasteiger partial charge in [-0.1, -0.05) is 18.2 Å². The first-order valence-corrected chi connectivity index (χ1v) is 12.3. The fraction of sp³-hybridized carbons (Fsp3) is 0.538. The summed E-state index contributed by atoms with van der Waals surface area (Å²) in [6.45, 7) is 2.69. The van der Waals surface area contributed by atoms with Gasteiger partial charge >= 0.3 is 6.09 Å². The number of carbonyl (C=O) groups is 3. The molecule has 1 saturated carbocycles. The van der Waals surface area contributed by atoms with E-state index in [1.54, 1.807) is 0 Å². The maximum Gasteiger partial charge on any atom is 0.404 e.